The van der Waals surface area contributed by atoms with Crippen LogP contribution in [0.1, 0.15) is 49.4 Å². The summed E-state index contributed by atoms with van der Waals surface area (Å²) in [6, 6.07) is 14.6. The number of rotatable bonds is 7. The van der Waals surface area contributed by atoms with Gasteiger partial charge in [-0.2, -0.15) is 0 Å². The maximum absolute atomic E-state index is 13.0. The maximum atomic E-state index is 13.0. The van der Waals surface area contributed by atoms with Crippen molar-refractivity contribution in [3.63, 3.8) is 0 Å². The van der Waals surface area contributed by atoms with Crippen molar-refractivity contribution in [3.05, 3.63) is 65.5 Å². The number of esters is 1. The Morgan fingerprint density at radius 1 is 1.10 bits per heavy atom. The quantitative estimate of drug-likeness (QED) is 0.427. The molecule has 1 aromatic carbocycles. The fourth-order valence-electron chi connectivity index (χ4n) is 4.49. The van der Waals surface area contributed by atoms with E-state index in [4.69, 9.17) is 0 Å². The molecule has 1 unspecified atom stereocenters. The van der Waals surface area contributed by atoms with E-state index in [0.29, 0.717) is 32.2 Å². The van der Waals surface area contributed by atoms with E-state index in [9.17, 15) is 9.59 Å². The summed E-state index contributed by atoms with van der Waals surface area (Å²) in [7, 11) is 1.39. The summed E-state index contributed by atoms with van der Waals surface area (Å²) < 4.78 is 6.94. The van der Waals surface area contributed by atoms with Gasteiger partial charge < -0.3 is 14.2 Å². The lowest BCUT2D eigenvalue weighted by Crippen LogP contribution is -2.43. The van der Waals surface area contributed by atoms with E-state index in [-0.39, 0.29) is 17.9 Å². The van der Waals surface area contributed by atoms with Gasteiger partial charge >= 0.3 is 5.97 Å². The second-order valence-electron chi connectivity index (χ2n) is 8.23. The minimum atomic E-state index is -0.221. The van der Waals surface area contributed by atoms with Crippen molar-refractivity contribution in [2.45, 2.75) is 58.2 Å². The molecule has 6 nitrogen and oxygen atoms in total. The van der Waals surface area contributed by atoms with Crippen LogP contribution in [0.25, 0.3) is 11.0 Å². The van der Waals surface area contributed by atoms with Crippen molar-refractivity contribution in [2.75, 3.05) is 7.11 Å². The molecule has 0 saturated heterocycles. The fourth-order valence-corrected chi connectivity index (χ4v) is 4.49. The van der Waals surface area contributed by atoms with E-state index in [0.717, 1.165) is 18.6 Å². The number of carbonyl (C=O) groups is 2. The molecule has 0 fully saturated rings. The zero-order valence-electron chi connectivity index (χ0n) is 18.2. The van der Waals surface area contributed by atoms with Crippen LogP contribution in [0, 0.1) is 0 Å². The van der Waals surface area contributed by atoms with Crippen molar-refractivity contribution in [3.8, 4) is 0 Å². The van der Waals surface area contributed by atoms with Gasteiger partial charge in [-0.25, -0.2) is 4.98 Å². The Kier molecular flexibility index (Phi) is 6.35. The summed E-state index contributed by atoms with van der Waals surface area (Å²) in [5, 5.41) is 1.19. The molecule has 1 amide bonds. The predicted molar refractivity (Wildman–Crippen MR) is 119 cm³/mol. The lowest BCUT2D eigenvalue weighted by atomic mass is 9.97. The third-order valence-corrected chi connectivity index (χ3v) is 6.15. The third kappa shape index (κ3) is 4.48. The number of hydrogen-bond donors (Lipinski definition) is 0. The molecule has 0 N–H and O–H groups in total. The Bertz CT molecular complexity index is 1070. The summed E-state index contributed by atoms with van der Waals surface area (Å²) in [5.41, 5.74) is 4.68. The average molecular weight is 420 g/mol. The van der Waals surface area contributed by atoms with Gasteiger partial charge in [0.25, 0.3) is 0 Å². The number of aromatic nitrogens is 2. The smallest absolute Gasteiger partial charge is 0.305 e. The minimum absolute atomic E-state index is 0.136. The van der Waals surface area contributed by atoms with Crippen molar-refractivity contribution < 1.29 is 14.3 Å². The predicted octanol–water partition coefficient (Wildman–Crippen LogP) is 4.09. The van der Waals surface area contributed by atoms with Crippen LogP contribution in [0.4, 0.5) is 0 Å². The first kappa shape index (κ1) is 21.1. The van der Waals surface area contributed by atoms with Gasteiger partial charge in [-0.1, -0.05) is 30.3 Å². The lowest BCUT2D eigenvalue weighted by molar-refractivity contribution is -0.141. The monoisotopic (exact) mass is 419 g/mol. The van der Waals surface area contributed by atoms with Crippen LogP contribution in [-0.4, -0.2) is 39.5 Å². The van der Waals surface area contributed by atoms with E-state index in [1.807, 2.05) is 35.4 Å². The number of methoxy groups -OCH3 is 1. The third-order valence-electron chi connectivity index (χ3n) is 6.15. The van der Waals surface area contributed by atoms with Gasteiger partial charge in [0.05, 0.1) is 13.7 Å². The van der Waals surface area contributed by atoms with Crippen LogP contribution >= 0.6 is 0 Å². The number of ether oxygens (including phenoxy) is 1. The molecule has 3 aromatic rings. The molecule has 0 bridgehead atoms. The molecule has 0 aliphatic carbocycles. The molecule has 3 heterocycles. The Hall–Kier alpha value is -3.15. The second kappa shape index (κ2) is 9.33. The topological polar surface area (TPSA) is 64.4 Å². The highest BCUT2D eigenvalue weighted by Crippen LogP contribution is 2.33. The van der Waals surface area contributed by atoms with E-state index < -0.39 is 0 Å². The number of pyridine rings is 1. The van der Waals surface area contributed by atoms with E-state index >= 15 is 0 Å². The molecule has 0 radical (unpaired) electrons. The number of fused-ring (bicyclic) bond motifs is 3. The van der Waals surface area contributed by atoms with Crippen LogP contribution in [0.5, 0.6) is 0 Å². The number of amides is 1. The van der Waals surface area contributed by atoms with Crippen LogP contribution in [0.15, 0.2) is 48.7 Å². The average Bonchev–Trinajstić information content (AvgIpc) is 3.09. The van der Waals surface area contributed by atoms with E-state index in [1.165, 1.54) is 29.3 Å². The summed E-state index contributed by atoms with van der Waals surface area (Å²) in [6.45, 7) is 3.45. The normalized spacial score (nSPS) is 15.7. The van der Waals surface area contributed by atoms with E-state index in [1.54, 1.807) is 0 Å². The van der Waals surface area contributed by atoms with Crippen molar-refractivity contribution >= 4 is 22.9 Å². The van der Waals surface area contributed by atoms with Crippen molar-refractivity contribution in [1.82, 2.24) is 14.5 Å². The van der Waals surface area contributed by atoms with Crippen molar-refractivity contribution in [2.24, 2.45) is 0 Å². The van der Waals surface area contributed by atoms with Gasteiger partial charge in [0, 0.05) is 42.7 Å². The molecular formula is C25H29N3O3. The van der Waals surface area contributed by atoms with Crippen LogP contribution in [-0.2, 0) is 33.8 Å². The molecule has 0 saturated carbocycles. The van der Waals surface area contributed by atoms with Crippen LogP contribution < -0.4 is 0 Å². The largest absolute Gasteiger partial charge is 0.469 e. The first-order valence-corrected chi connectivity index (χ1v) is 10.9. The van der Waals surface area contributed by atoms with Gasteiger partial charge in [-0.15, -0.1) is 0 Å². The Morgan fingerprint density at radius 3 is 2.65 bits per heavy atom. The van der Waals surface area contributed by atoms with Gasteiger partial charge in [0.2, 0.25) is 5.91 Å². The highest BCUT2D eigenvalue weighted by atomic mass is 16.5. The summed E-state index contributed by atoms with van der Waals surface area (Å²) >= 11 is 0. The number of unbranched alkanes of at least 4 members (excludes halogenated alkanes) is 1. The first-order valence-electron chi connectivity index (χ1n) is 10.9. The number of nitrogens with zero attached hydrogens (tertiary/aromatic N) is 3. The Morgan fingerprint density at radius 2 is 1.87 bits per heavy atom. The van der Waals surface area contributed by atoms with Gasteiger partial charge in [0.1, 0.15) is 5.65 Å². The van der Waals surface area contributed by atoms with Gasteiger partial charge in [0.15, 0.2) is 0 Å². The zero-order chi connectivity index (χ0) is 21.8. The van der Waals surface area contributed by atoms with E-state index in [2.05, 4.69) is 39.4 Å². The standard InChI is InChI=1S/C25H29N3O3/c1-18-15-21-20-11-8-14-26-25(20)28(16-19-9-4-3-5-10-19)22(21)17-27(18)23(29)12-6-7-13-24(30)31-2/h3-5,8-11,14,18H,6-7,12-13,15-17H2,1-2H3. The van der Waals surface area contributed by atoms with Crippen LogP contribution in [0.2, 0.25) is 0 Å². The fraction of sp³-hybridized carbons (Fsp3) is 0.400. The highest BCUT2D eigenvalue weighted by molar-refractivity contribution is 5.84. The molecular weight excluding hydrogens is 390 g/mol. The van der Waals surface area contributed by atoms with Crippen molar-refractivity contribution in [1.29, 1.82) is 0 Å². The molecule has 1 atom stereocenters. The molecule has 162 valence electrons. The molecule has 0 spiro atoms. The number of hydrogen-bond acceptors (Lipinski definition) is 4. The Labute approximate surface area is 182 Å². The van der Waals surface area contributed by atoms with Gasteiger partial charge in [-0.3, -0.25) is 9.59 Å². The summed E-state index contributed by atoms with van der Waals surface area (Å²) in [4.78, 5) is 31.0. The SMILES string of the molecule is COC(=O)CCCCC(=O)N1Cc2c(c3cccnc3n2Cc2ccccc2)CC1C. The summed E-state index contributed by atoms with van der Waals surface area (Å²) in [5.74, 6) is -0.0751. The molecule has 1 aliphatic heterocycles. The highest BCUT2D eigenvalue weighted by Gasteiger charge is 2.31. The van der Waals surface area contributed by atoms with Crippen LogP contribution in [0.3, 0.4) is 0 Å². The molecule has 6 heteroatoms. The molecule has 4 rings (SSSR count). The zero-order valence-corrected chi connectivity index (χ0v) is 18.2. The number of carbonyl (C=O) groups excluding carboxylic acids is 2. The second-order valence-corrected chi connectivity index (χ2v) is 8.23. The molecule has 31 heavy (non-hydrogen) atoms. The molecule has 2 aromatic heterocycles. The maximum Gasteiger partial charge on any atom is 0.305 e. The minimum Gasteiger partial charge on any atom is -0.469 e. The summed E-state index contributed by atoms with van der Waals surface area (Å²) in [6.07, 6.45) is 4.84. The van der Waals surface area contributed by atoms with Gasteiger partial charge in [-0.05, 0) is 49.4 Å². The first-order chi connectivity index (χ1) is 15.1. The number of benzene rings is 1. The molecule has 1 aliphatic rings. The lowest BCUT2D eigenvalue weighted by Gasteiger charge is -2.34. The Balaban J connectivity index is 1.56.